The number of nitrogens with zero attached hydrogens (tertiary/aromatic N) is 1. The van der Waals surface area contributed by atoms with Crippen LogP contribution in [0.4, 0.5) is 0 Å². The first-order valence-corrected chi connectivity index (χ1v) is 11.8. The van der Waals surface area contributed by atoms with Crippen LogP contribution in [-0.4, -0.2) is 43.0 Å². The van der Waals surface area contributed by atoms with E-state index in [1.807, 2.05) is 91.0 Å². The van der Waals surface area contributed by atoms with E-state index < -0.39 is 24.0 Å². The second-order valence-corrected chi connectivity index (χ2v) is 8.39. The SMILES string of the molecule is COC(=O)CC[C@H](NC(=O)[C@@H](c1ccccc1)N(Cc1ccccc1)Cc1ccccc1)C(=O)OC. The van der Waals surface area contributed by atoms with Crippen molar-refractivity contribution in [3.8, 4) is 0 Å². The number of carbonyl (C=O) groups excluding carboxylic acids is 3. The Kier molecular flexibility index (Phi) is 10.2. The lowest BCUT2D eigenvalue weighted by atomic mass is 10.0. The van der Waals surface area contributed by atoms with Crippen molar-refractivity contribution in [2.45, 2.75) is 38.0 Å². The molecule has 0 aliphatic rings. The molecule has 0 unspecified atom stereocenters. The van der Waals surface area contributed by atoms with Gasteiger partial charge in [-0.1, -0.05) is 91.0 Å². The molecular formula is C29H32N2O5. The lowest BCUT2D eigenvalue weighted by Crippen LogP contribution is -2.47. The van der Waals surface area contributed by atoms with Gasteiger partial charge < -0.3 is 14.8 Å². The largest absolute Gasteiger partial charge is 0.469 e. The average molecular weight is 489 g/mol. The highest BCUT2D eigenvalue weighted by Gasteiger charge is 2.32. The van der Waals surface area contributed by atoms with E-state index in [1.54, 1.807) is 0 Å². The normalized spacial score (nSPS) is 12.4. The lowest BCUT2D eigenvalue weighted by molar-refractivity contribution is -0.147. The number of hydrogen-bond acceptors (Lipinski definition) is 6. The maximum absolute atomic E-state index is 13.8. The predicted octanol–water partition coefficient (Wildman–Crippen LogP) is 4.04. The first-order chi connectivity index (χ1) is 17.5. The van der Waals surface area contributed by atoms with Gasteiger partial charge >= 0.3 is 11.9 Å². The second kappa shape index (κ2) is 13.8. The number of ether oxygens (including phenoxy) is 2. The van der Waals surface area contributed by atoms with Crippen LogP contribution >= 0.6 is 0 Å². The molecule has 2 atom stereocenters. The Hall–Kier alpha value is -3.97. The van der Waals surface area contributed by atoms with Crippen LogP contribution in [0.5, 0.6) is 0 Å². The molecule has 3 aromatic rings. The van der Waals surface area contributed by atoms with Crippen molar-refractivity contribution in [2.24, 2.45) is 0 Å². The lowest BCUT2D eigenvalue weighted by Gasteiger charge is -2.32. The zero-order valence-electron chi connectivity index (χ0n) is 20.6. The fraction of sp³-hybridized carbons (Fsp3) is 0.276. The van der Waals surface area contributed by atoms with E-state index in [-0.39, 0.29) is 18.7 Å². The van der Waals surface area contributed by atoms with Gasteiger partial charge in [-0.2, -0.15) is 0 Å². The topological polar surface area (TPSA) is 84.9 Å². The predicted molar refractivity (Wildman–Crippen MR) is 137 cm³/mol. The van der Waals surface area contributed by atoms with E-state index in [1.165, 1.54) is 14.2 Å². The summed E-state index contributed by atoms with van der Waals surface area (Å²) in [6.45, 7) is 1.02. The zero-order valence-corrected chi connectivity index (χ0v) is 20.6. The summed E-state index contributed by atoms with van der Waals surface area (Å²) in [5.41, 5.74) is 2.90. The molecule has 7 heteroatoms. The molecule has 0 aliphatic carbocycles. The van der Waals surface area contributed by atoms with Crippen molar-refractivity contribution in [1.82, 2.24) is 10.2 Å². The third-order valence-electron chi connectivity index (χ3n) is 5.85. The summed E-state index contributed by atoms with van der Waals surface area (Å²) in [6.07, 6.45) is 0.0499. The van der Waals surface area contributed by atoms with Crippen LogP contribution in [0.1, 0.15) is 35.6 Å². The highest BCUT2D eigenvalue weighted by molar-refractivity contribution is 5.88. The molecule has 0 bridgehead atoms. The molecule has 0 spiro atoms. The van der Waals surface area contributed by atoms with E-state index in [0.717, 1.165) is 16.7 Å². The highest BCUT2D eigenvalue weighted by Crippen LogP contribution is 2.26. The molecule has 0 heterocycles. The van der Waals surface area contributed by atoms with Gasteiger partial charge in [0, 0.05) is 19.5 Å². The standard InChI is InChI=1S/C29H32N2O5/c1-35-26(32)19-18-25(29(34)36-2)30-28(33)27(24-16-10-5-11-17-24)31(20-22-12-6-3-7-13-22)21-23-14-8-4-9-15-23/h3-17,25,27H,18-21H2,1-2H3,(H,30,33)/t25-,27+/m0/s1. The third kappa shape index (κ3) is 7.78. The molecule has 1 N–H and O–H groups in total. The van der Waals surface area contributed by atoms with Crippen LogP contribution in [0.2, 0.25) is 0 Å². The summed E-state index contributed by atoms with van der Waals surface area (Å²) < 4.78 is 9.59. The number of benzene rings is 3. The maximum atomic E-state index is 13.8. The van der Waals surface area contributed by atoms with Crippen LogP contribution in [0.25, 0.3) is 0 Å². The number of esters is 2. The Labute approximate surface area is 212 Å². The fourth-order valence-corrected chi connectivity index (χ4v) is 4.04. The number of rotatable bonds is 12. The van der Waals surface area contributed by atoms with Gasteiger partial charge in [0.05, 0.1) is 14.2 Å². The van der Waals surface area contributed by atoms with Gasteiger partial charge in [0.15, 0.2) is 0 Å². The van der Waals surface area contributed by atoms with Crippen molar-refractivity contribution >= 4 is 17.8 Å². The molecule has 0 saturated carbocycles. The number of amides is 1. The minimum Gasteiger partial charge on any atom is -0.469 e. The minimum atomic E-state index is -0.983. The summed E-state index contributed by atoms with van der Waals surface area (Å²) in [4.78, 5) is 40.1. The summed E-state index contributed by atoms with van der Waals surface area (Å²) >= 11 is 0. The van der Waals surface area contributed by atoms with Gasteiger partial charge in [-0.3, -0.25) is 14.5 Å². The average Bonchev–Trinajstić information content (AvgIpc) is 2.92. The van der Waals surface area contributed by atoms with Crippen molar-refractivity contribution < 1.29 is 23.9 Å². The molecule has 3 rings (SSSR count). The van der Waals surface area contributed by atoms with Crippen molar-refractivity contribution in [2.75, 3.05) is 14.2 Å². The Bertz CT molecular complexity index is 1060. The van der Waals surface area contributed by atoms with E-state index in [9.17, 15) is 14.4 Å². The van der Waals surface area contributed by atoms with E-state index in [0.29, 0.717) is 13.1 Å². The first kappa shape index (κ1) is 26.6. The summed E-state index contributed by atoms with van der Waals surface area (Å²) in [5.74, 6) is -1.43. The summed E-state index contributed by atoms with van der Waals surface area (Å²) in [5, 5.41) is 2.83. The maximum Gasteiger partial charge on any atom is 0.328 e. The quantitative estimate of drug-likeness (QED) is 0.388. The molecule has 188 valence electrons. The van der Waals surface area contributed by atoms with Crippen molar-refractivity contribution in [1.29, 1.82) is 0 Å². The summed E-state index contributed by atoms with van der Waals surface area (Å²) in [6, 6.07) is 27.6. The Morgan fingerprint density at radius 1 is 0.750 bits per heavy atom. The van der Waals surface area contributed by atoms with Gasteiger partial charge in [0.1, 0.15) is 12.1 Å². The van der Waals surface area contributed by atoms with Crippen LogP contribution in [0, 0.1) is 0 Å². The second-order valence-electron chi connectivity index (χ2n) is 8.39. The van der Waals surface area contributed by atoms with E-state index >= 15 is 0 Å². The molecule has 7 nitrogen and oxygen atoms in total. The van der Waals surface area contributed by atoms with Crippen LogP contribution in [-0.2, 0) is 36.9 Å². The van der Waals surface area contributed by atoms with Gasteiger partial charge in [-0.15, -0.1) is 0 Å². The Morgan fingerprint density at radius 2 is 1.25 bits per heavy atom. The minimum absolute atomic E-state index is 0.0235. The van der Waals surface area contributed by atoms with Gasteiger partial charge in [0.25, 0.3) is 0 Å². The molecule has 36 heavy (non-hydrogen) atoms. The molecule has 0 fully saturated rings. The summed E-state index contributed by atoms with van der Waals surface area (Å²) in [7, 11) is 2.54. The number of methoxy groups -OCH3 is 2. The monoisotopic (exact) mass is 488 g/mol. The van der Waals surface area contributed by atoms with Crippen molar-refractivity contribution in [3.63, 3.8) is 0 Å². The molecular weight excluding hydrogens is 456 g/mol. The molecule has 0 saturated heterocycles. The highest BCUT2D eigenvalue weighted by atomic mass is 16.5. The molecule has 0 radical (unpaired) electrons. The van der Waals surface area contributed by atoms with Crippen LogP contribution in [0.15, 0.2) is 91.0 Å². The molecule has 0 aromatic heterocycles. The van der Waals surface area contributed by atoms with Crippen LogP contribution < -0.4 is 5.32 Å². The van der Waals surface area contributed by atoms with E-state index in [4.69, 9.17) is 9.47 Å². The van der Waals surface area contributed by atoms with Crippen LogP contribution in [0.3, 0.4) is 0 Å². The number of nitrogens with one attached hydrogen (secondary N) is 1. The van der Waals surface area contributed by atoms with Gasteiger partial charge in [0.2, 0.25) is 5.91 Å². The van der Waals surface area contributed by atoms with E-state index in [2.05, 4.69) is 10.2 Å². The van der Waals surface area contributed by atoms with Crippen molar-refractivity contribution in [3.05, 3.63) is 108 Å². The fourth-order valence-electron chi connectivity index (χ4n) is 4.04. The smallest absolute Gasteiger partial charge is 0.328 e. The molecule has 3 aromatic carbocycles. The number of hydrogen-bond donors (Lipinski definition) is 1. The first-order valence-electron chi connectivity index (χ1n) is 11.8. The van der Waals surface area contributed by atoms with Gasteiger partial charge in [-0.05, 0) is 23.1 Å². The molecule has 1 amide bonds. The molecule has 0 aliphatic heterocycles. The van der Waals surface area contributed by atoms with Gasteiger partial charge in [-0.25, -0.2) is 4.79 Å². The number of carbonyl (C=O) groups is 3. The zero-order chi connectivity index (χ0) is 25.8. The Balaban J connectivity index is 1.95. The third-order valence-corrected chi connectivity index (χ3v) is 5.85. The Morgan fingerprint density at radius 3 is 1.72 bits per heavy atom.